The maximum atomic E-state index is 12.7. The van der Waals surface area contributed by atoms with E-state index in [1.165, 1.54) is 5.56 Å². The summed E-state index contributed by atoms with van der Waals surface area (Å²) < 4.78 is 0. The first-order chi connectivity index (χ1) is 9.49. The number of rotatable bonds is 4. The first kappa shape index (κ1) is 14.5. The van der Waals surface area contributed by atoms with E-state index in [2.05, 4.69) is 19.9 Å². The first-order valence-corrected chi connectivity index (χ1v) is 7.19. The molecule has 0 spiro atoms. The van der Waals surface area contributed by atoms with E-state index in [1.807, 2.05) is 50.2 Å². The molecule has 0 heterocycles. The van der Waals surface area contributed by atoms with Crippen LogP contribution in [0.1, 0.15) is 46.5 Å². The highest BCUT2D eigenvalue weighted by Crippen LogP contribution is 2.19. The fraction of sp³-hybridized carbons (Fsp3) is 0.316. The molecule has 20 heavy (non-hydrogen) atoms. The smallest absolute Gasteiger partial charge is 0.193 e. The van der Waals surface area contributed by atoms with Gasteiger partial charge in [-0.25, -0.2) is 0 Å². The van der Waals surface area contributed by atoms with Gasteiger partial charge in [-0.2, -0.15) is 0 Å². The highest BCUT2D eigenvalue weighted by atomic mass is 16.1. The van der Waals surface area contributed by atoms with Gasteiger partial charge in [-0.3, -0.25) is 4.79 Å². The Balaban J connectivity index is 2.39. The van der Waals surface area contributed by atoms with Crippen LogP contribution in [0.5, 0.6) is 0 Å². The second-order valence-corrected chi connectivity index (χ2v) is 5.89. The molecule has 2 aromatic carbocycles. The number of carbonyl (C=O) groups excluding carboxylic acids is 1. The summed E-state index contributed by atoms with van der Waals surface area (Å²) in [5.74, 6) is 0.728. The van der Waals surface area contributed by atoms with Crippen LogP contribution in [0.25, 0.3) is 0 Å². The Kier molecular flexibility index (Phi) is 4.39. The molecule has 0 aliphatic carbocycles. The quantitative estimate of drug-likeness (QED) is 0.731. The zero-order valence-electron chi connectivity index (χ0n) is 12.7. The number of aryl methyl sites for hydroxylation is 2. The second kappa shape index (κ2) is 6.04. The molecular weight excluding hydrogens is 244 g/mol. The summed E-state index contributed by atoms with van der Waals surface area (Å²) in [4.78, 5) is 12.7. The minimum atomic E-state index is 0.131. The highest BCUT2D eigenvalue weighted by molar-refractivity contribution is 6.10. The van der Waals surface area contributed by atoms with E-state index in [-0.39, 0.29) is 5.78 Å². The van der Waals surface area contributed by atoms with Crippen LogP contribution in [0.4, 0.5) is 0 Å². The molecule has 0 saturated carbocycles. The van der Waals surface area contributed by atoms with Crippen LogP contribution in [0.3, 0.4) is 0 Å². The molecule has 0 aromatic heterocycles. The van der Waals surface area contributed by atoms with Crippen LogP contribution in [0, 0.1) is 19.8 Å². The first-order valence-electron chi connectivity index (χ1n) is 7.19. The summed E-state index contributed by atoms with van der Waals surface area (Å²) >= 11 is 0. The van der Waals surface area contributed by atoms with Gasteiger partial charge in [0.25, 0.3) is 0 Å². The topological polar surface area (TPSA) is 17.1 Å². The van der Waals surface area contributed by atoms with Crippen LogP contribution < -0.4 is 0 Å². The third-order valence-corrected chi connectivity index (χ3v) is 3.54. The van der Waals surface area contributed by atoms with Gasteiger partial charge in [-0.05, 0) is 48.9 Å². The summed E-state index contributed by atoms with van der Waals surface area (Å²) in [7, 11) is 0. The van der Waals surface area contributed by atoms with Crippen molar-refractivity contribution >= 4 is 5.78 Å². The van der Waals surface area contributed by atoms with Crippen LogP contribution in [-0.4, -0.2) is 5.78 Å². The van der Waals surface area contributed by atoms with Crippen molar-refractivity contribution in [3.63, 3.8) is 0 Å². The number of ketones is 1. The van der Waals surface area contributed by atoms with Gasteiger partial charge in [0.05, 0.1) is 0 Å². The predicted molar refractivity (Wildman–Crippen MR) is 84.3 cm³/mol. The van der Waals surface area contributed by atoms with Crippen molar-refractivity contribution in [2.45, 2.75) is 34.1 Å². The fourth-order valence-corrected chi connectivity index (χ4v) is 2.63. The summed E-state index contributed by atoms with van der Waals surface area (Å²) in [6.07, 6.45) is 1.01. The monoisotopic (exact) mass is 266 g/mol. The Morgan fingerprint density at radius 3 is 2.20 bits per heavy atom. The van der Waals surface area contributed by atoms with E-state index >= 15 is 0 Å². The van der Waals surface area contributed by atoms with Gasteiger partial charge in [0.1, 0.15) is 0 Å². The summed E-state index contributed by atoms with van der Waals surface area (Å²) in [6, 6.07) is 14.0. The SMILES string of the molecule is Cc1cccc(C)c1C(=O)c1cccc(CC(C)C)c1. The molecule has 1 heteroatoms. The summed E-state index contributed by atoms with van der Waals surface area (Å²) in [5, 5.41) is 0. The van der Waals surface area contributed by atoms with Crippen molar-refractivity contribution in [1.82, 2.24) is 0 Å². The Labute approximate surface area is 121 Å². The molecule has 0 atom stereocenters. The van der Waals surface area contributed by atoms with Crippen LogP contribution >= 0.6 is 0 Å². The molecule has 0 radical (unpaired) electrons. The molecule has 0 amide bonds. The average molecular weight is 266 g/mol. The van der Waals surface area contributed by atoms with E-state index < -0.39 is 0 Å². The minimum Gasteiger partial charge on any atom is -0.289 e. The largest absolute Gasteiger partial charge is 0.289 e. The summed E-state index contributed by atoms with van der Waals surface area (Å²) in [5.41, 5.74) is 4.96. The van der Waals surface area contributed by atoms with Gasteiger partial charge >= 0.3 is 0 Å². The van der Waals surface area contributed by atoms with Crippen molar-refractivity contribution in [3.05, 3.63) is 70.3 Å². The zero-order chi connectivity index (χ0) is 14.7. The normalized spacial score (nSPS) is 10.8. The molecule has 0 bridgehead atoms. The number of benzene rings is 2. The number of carbonyl (C=O) groups is 1. The van der Waals surface area contributed by atoms with Crippen molar-refractivity contribution in [1.29, 1.82) is 0 Å². The van der Waals surface area contributed by atoms with Gasteiger partial charge in [0, 0.05) is 11.1 Å². The molecule has 2 rings (SSSR count). The van der Waals surface area contributed by atoms with Gasteiger partial charge in [-0.15, -0.1) is 0 Å². The van der Waals surface area contributed by atoms with Crippen molar-refractivity contribution in [2.75, 3.05) is 0 Å². The Hall–Kier alpha value is -1.89. The van der Waals surface area contributed by atoms with Gasteiger partial charge in [-0.1, -0.05) is 50.2 Å². The van der Waals surface area contributed by atoms with Crippen LogP contribution in [0.15, 0.2) is 42.5 Å². The molecule has 1 nitrogen and oxygen atoms in total. The van der Waals surface area contributed by atoms with Gasteiger partial charge in [0.15, 0.2) is 5.78 Å². The van der Waals surface area contributed by atoms with Gasteiger partial charge in [0.2, 0.25) is 0 Å². The zero-order valence-corrected chi connectivity index (χ0v) is 12.7. The van der Waals surface area contributed by atoms with Crippen LogP contribution in [0.2, 0.25) is 0 Å². The van der Waals surface area contributed by atoms with E-state index in [1.54, 1.807) is 0 Å². The third kappa shape index (κ3) is 3.16. The lowest BCUT2D eigenvalue weighted by Gasteiger charge is -2.10. The Morgan fingerprint density at radius 1 is 1.00 bits per heavy atom. The van der Waals surface area contributed by atoms with E-state index in [4.69, 9.17) is 0 Å². The Morgan fingerprint density at radius 2 is 1.60 bits per heavy atom. The van der Waals surface area contributed by atoms with E-state index in [0.717, 1.165) is 28.7 Å². The minimum absolute atomic E-state index is 0.131. The maximum absolute atomic E-state index is 12.7. The predicted octanol–water partition coefficient (Wildman–Crippen LogP) is 4.73. The average Bonchev–Trinajstić information content (AvgIpc) is 2.38. The number of hydrogen-bond donors (Lipinski definition) is 0. The molecule has 0 fully saturated rings. The molecule has 0 aliphatic rings. The molecule has 0 saturated heterocycles. The lowest BCUT2D eigenvalue weighted by Crippen LogP contribution is -2.07. The molecule has 104 valence electrons. The second-order valence-electron chi connectivity index (χ2n) is 5.89. The van der Waals surface area contributed by atoms with E-state index in [0.29, 0.717) is 5.92 Å². The molecule has 2 aromatic rings. The molecule has 0 aliphatic heterocycles. The fourth-order valence-electron chi connectivity index (χ4n) is 2.63. The van der Waals surface area contributed by atoms with Crippen molar-refractivity contribution in [2.24, 2.45) is 5.92 Å². The lowest BCUT2D eigenvalue weighted by molar-refractivity contribution is 0.103. The maximum Gasteiger partial charge on any atom is 0.193 e. The highest BCUT2D eigenvalue weighted by Gasteiger charge is 2.14. The molecule has 0 unspecified atom stereocenters. The number of hydrogen-bond acceptors (Lipinski definition) is 1. The molecular formula is C19H22O. The molecule has 0 N–H and O–H groups in total. The standard InChI is InChI=1S/C19H22O/c1-13(2)11-16-9-6-10-17(12-16)19(20)18-14(3)7-5-8-15(18)4/h5-10,12-13H,11H2,1-4H3. The third-order valence-electron chi connectivity index (χ3n) is 3.54. The van der Waals surface area contributed by atoms with Gasteiger partial charge < -0.3 is 0 Å². The summed E-state index contributed by atoms with van der Waals surface area (Å²) in [6.45, 7) is 8.39. The lowest BCUT2D eigenvalue weighted by atomic mass is 9.93. The van der Waals surface area contributed by atoms with Crippen molar-refractivity contribution in [3.8, 4) is 0 Å². The van der Waals surface area contributed by atoms with E-state index in [9.17, 15) is 4.79 Å². The van der Waals surface area contributed by atoms with Crippen molar-refractivity contribution < 1.29 is 4.79 Å². The van der Waals surface area contributed by atoms with Crippen LogP contribution in [-0.2, 0) is 6.42 Å². The Bertz CT molecular complexity index is 603.